The lowest BCUT2D eigenvalue weighted by Gasteiger charge is -2.27. The predicted molar refractivity (Wildman–Crippen MR) is 133 cm³/mol. The van der Waals surface area contributed by atoms with Crippen molar-refractivity contribution < 1.29 is 19.0 Å². The van der Waals surface area contributed by atoms with Crippen LogP contribution in [0.2, 0.25) is 5.02 Å². The number of nitrogens with two attached hydrogens (primary N) is 1. The molecule has 1 amide bonds. The van der Waals surface area contributed by atoms with Crippen LogP contribution < -0.4 is 11.1 Å². The second kappa shape index (κ2) is 11.1. The van der Waals surface area contributed by atoms with Crippen molar-refractivity contribution in [3.8, 4) is 11.3 Å². The molecule has 0 spiro atoms. The zero-order chi connectivity index (χ0) is 24.9. The monoisotopic (exact) mass is 498 g/mol. The number of nitrogens with zero attached hydrogens (tertiary/aromatic N) is 2. The van der Waals surface area contributed by atoms with Crippen LogP contribution >= 0.6 is 11.6 Å². The molecule has 1 fully saturated rings. The van der Waals surface area contributed by atoms with Crippen molar-refractivity contribution >= 4 is 23.3 Å². The van der Waals surface area contributed by atoms with E-state index in [2.05, 4.69) is 10.3 Å². The fourth-order valence-electron chi connectivity index (χ4n) is 4.49. The Morgan fingerprint density at radius 3 is 2.86 bits per heavy atom. The van der Waals surface area contributed by atoms with Crippen molar-refractivity contribution in [2.75, 3.05) is 19.5 Å². The van der Waals surface area contributed by atoms with E-state index in [0.29, 0.717) is 21.8 Å². The molecule has 9 heteroatoms. The summed E-state index contributed by atoms with van der Waals surface area (Å²) in [4.78, 5) is 21.8. The number of carbonyl (C=O) groups is 1. The first kappa shape index (κ1) is 25.0. The lowest BCUT2D eigenvalue weighted by atomic mass is 9.85. The van der Waals surface area contributed by atoms with Gasteiger partial charge in [-0.15, -0.1) is 0 Å². The highest BCUT2D eigenvalue weighted by atomic mass is 35.5. The largest absolute Gasteiger partial charge is 0.394 e. The molecule has 0 saturated heterocycles. The van der Waals surface area contributed by atoms with E-state index in [0.717, 1.165) is 31.4 Å². The maximum absolute atomic E-state index is 15.0. The van der Waals surface area contributed by atoms with Gasteiger partial charge in [0.05, 0.1) is 36.2 Å². The first-order valence-electron chi connectivity index (χ1n) is 11.5. The van der Waals surface area contributed by atoms with Gasteiger partial charge in [-0.3, -0.25) is 4.79 Å². The number of nitrogens with one attached hydrogen (secondary N) is 1. The minimum Gasteiger partial charge on any atom is -0.394 e. The molecule has 35 heavy (non-hydrogen) atoms. The number of anilines is 1. The molecule has 3 aromatic rings. The van der Waals surface area contributed by atoms with E-state index in [4.69, 9.17) is 27.1 Å². The van der Waals surface area contributed by atoms with E-state index >= 15 is 4.39 Å². The van der Waals surface area contributed by atoms with Gasteiger partial charge in [0.1, 0.15) is 17.3 Å². The van der Waals surface area contributed by atoms with Crippen molar-refractivity contribution in [2.24, 2.45) is 0 Å². The second-order valence-electron chi connectivity index (χ2n) is 8.71. The van der Waals surface area contributed by atoms with Crippen LogP contribution in [0.15, 0.2) is 48.7 Å². The van der Waals surface area contributed by atoms with Crippen molar-refractivity contribution in [3.05, 3.63) is 76.3 Å². The summed E-state index contributed by atoms with van der Waals surface area (Å²) in [7, 11) is 1.71. The van der Waals surface area contributed by atoms with Crippen LogP contribution in [0.3, 0.4) is 0 Å². The highest BCUT2D eigenvalue weighted by molar-refractivity contribution is 6.30. The number of aliphatic hydroxyl groups is 1. The molecule has 0 radical (unpaired) electrons. The highest BCUT2D eigenvalue weighted by Gasteiger charge is 2.25. The van der Waals surface area contributed by atoms with E-state index < -0.39 is 17.8 Å². The highest BCUT2D eigenvalue weighted by Crippen LogP contribution is 2.35. The summed E-state index contributed by atoms with van der Waals surface area (Å²) in [6, 6.07) is 10.2. The Labute approximate surface area is 208 Å². The Bertz CT molecular complexity index is 1210. The summed E-state index contributed by atoms with van der Waals surface area (Å²) in [6.07, 6.45) is 5.73. The molecule has 184 valence electrons. The van der Waals surface area contributed by atoms with E-state index in [1.165, 1.54) is 12.1 Å². The van der Waals surface area contributed by atoms with Crippen molar-refractivity contribution in [1.82, 2.24) is 15.3 Å². The van der Waals surface area contributed by atoms with E-state index in [1.807, 2.05) is 0 Å². The van der Waals surface area contributed by atoms with Crippen LogP contribution in [0, 0.1) is 5.82 Å². The molecular weight excluding hydrogens is 471 g/mol. The third kappa shape index (κ3) is 5.78. The minimum atomic E-state index is -0.732. The fourth-order valence-corrected chi connectivity index (χ4v) is 4.69. The summed E-state index contributed by atoms with van der Waals surface area (Å²) in [5.74, 6) is -1.01. The SMILES string of the molecule is COC1CCCC(c2cnc(N)c(-c3ccc(C(=O)N[C@H](CO)c4cccc(Cl)c4)c(F)c3)n2)C1. The van der Waals surface area contributed by atoms with Gasteiger partial charge in [-0.05, 0) is 49.1 Å². The van der Waals surface area contributed by atoms with Crippen LogP contribution in [0.4, 0.5) is 10.2 Å². The zero-order valence-electron chi connectivity index (χ0n) is 19.4. The van der Waals surface area contributed by atoms with Gasteiger partial charge in [0.25, 0.3) is 5.91 Å². The Morgan fingerprint density at radius 1 is 1.31 bits per heavy atom. The molecule has 1 aliphatic carbocycles. The number of benzene rings is 2. The molecule has 1 heterocycles. The molecule has 1 aromatic heterocycles. The Hall–Kier alpha value is -3.07. The van der Waals surface area contributed by atoms with Crippen molar-refractivity contribution in [1.29, 1.82) is 0 Å². The van der Waals surface area contributed by atoms with Gasteiger partial charge in [0.2, 0.25) is 0 Å². The molecule has 7 nitrogen and oxygen atoms in total. The van der Waals surface area contributed by atoms with Gasteiger partial charge in [-0.25, -0.2) is 14.4 Å². The van der Waals surface area contributed by atoms with Gasteiger partial charge in [-0.1, -0.05) is 36.2 Å². The number of rotatable bonds is 7. The number of methoxy groups -OCH3 is 1. The molecule has 0 aliphatic heterocycles. The van der Waals surface area contributed by atoms with Crippen LogP contribution in [0.1, 0.15) is 59.3 Å². The van der Waals surface area contributed by atoms with Gasteiger partial charge in [0, 0.05) is 23.6 Å². The number of amides is 1. The smallest absolute Gasteiger partial charge is 0.254 e. The fraction of sp³-hybridized carbons (Fsp3) is 0.346. The first-order chi connectivity index (χ1) is 16.9. The number of nitrogen functional groups attached to an aromatic ring is 1. The number of aromatic nitrogens is 2. The third-order valence-electron chi connectivity index (χ3n) is 6.42. The average molecular weight is 499 g/mol. The lowest BCUT2D eigenvalue weighted by molar-refractivity contribution is 0.0630. The molecule has 2 unspecified atom stereocenters. The molecular formula is C26H28ClFN4O3. The quantitative estimate of drug-likeness (QED) is 0.437. The zero-order valence-corrected chi connectivity index (χ0v) is 20.1. The van der Waals surface area contributed by atoms with Crippen molar-refractivity contribution in [2.45, 2.75) is 43.7 Å². The molecule has 1 saturated carbocycles. The third-order valence-corrected chi connectivity index (χ3v) is 6.66. The lowest BCUT2D eigenvalue weighted by Crippen LogP contribution is -2.31. The Balaban J connectivity index is 1.55. The van der Waals surface area contributed by atoms with Gasteiger partial charge >= 0.3 is 0 Å². The van der Waals surface area contributed by atoms with Crippen LogP contribution in [0.5, 0.6) is 0 Å². The summed E-state index contributed by atoms with van der Waals surface area (Å²) in [5.41, 5.74) is 8.13. The maximum Gasteiger partial charge on any atom is 0.254 e. The summed E-state index contributed by atoms with van der Waals surface area (Å²) in [6.45, 7) is -0.365. The van der Waals surface area contributed by atoms with Gasteiger partial charge in [-0.2, -0.15) is 0 Å². The van der Waals surface area contributed by atoms with E-state index in [-0.39, 0.29) is 30.0 Å². The first-order valence-corrected chi connectivity index (χ1v) is 11.9. The summed E-state index contributed by atoms with van der Waals surface area (Å²) < 4.78 is 20.6. The maximum atomic E-state index is 15.0. The molecule has 2 aromatic carbocycles. The number of hydrogen-bond donors (Lipinski definition) is 3. The molecule has 3 atom stereocenters. The van der Waals surface area contributed by atoms with Crippen LogP contribution in [-0.2, 0) is 4.74 Å². The molecule has 4 N–H and O–H groups in total. The number of aliphatic hydroxyl groups excluding tert-OH is 1. The normalized spacial score (nSPS) is 18.7. The number of ether oxygens (including phenoxy) is 1. The molecule has 4 rings (SSSR count). The second-order valence-corrected chi connectivity index (χ2v) is 9.14. The van der Waals surface area contributed by atoms with Gasteiger partial charge < -0.3 is 20.9 Å². The van der Waals surface area contributed by atoms with Crippen LogP contribution in [0.25, 0.3) is 11.3 Å². The topological polar surface area (TPSA) is 110 Å². The number of hydrogen-bond acceptors (Lipinski definition) is 6. The molecule has 1 aliphatic rings. The molecule has 0 bridgehead atoms. The standard InChI is InChI=1S/C26H28ClFN4O3/c1-35-19-7-3-5-16(11-19)22-13-30-25(29)24(31-22)17-8-9-20(21(28)12-17)26(34)32-23(14-33)15-4-2-6-18(27)10-15/h2,4,6,8-10,12-13,16,19,23,33H,3,5,7,11,14H2,1H3,(H2,29,30)(H,32,34)/t16?,19?,23-/m1/s1. The Kier molecular flexibility index (Phi) is 7.95. The predicted octanol–water partition coefficient (Wildman–Crippen LogP) is 4.65. The van der Waals surface area contributed by atoms with Crippen LogP contribution in [-0.4, -0.2) is 40.8 Å². The average Bonchev–Trinajstić information content (AvgIpc) is 2.87. The number of halogens is 2. The van der Waals surface area contributed by atoms with Crippen molar-refractivity contribution in [3.63, 3.8) is 0 Å². The Morgan fingerprint density at radius 2 is 2.14 bits per heavy atom. The number of carbonyl (C=O) groups excluding carboxylic acids is 1. The summed E-state index contributed by atoms with van der Waals surface area (Å²) >= 11 is 6.01. The minimum absolute atomic E-state index is 0.160. The van der Waals surface area contributed by atoms with Gasteiger partial charge in [0.15, 0.2) is 0 Å². The van der Waals surface area contributed by atoms with E-state index in [1.54, 1.807) is 43.6 Å². The summed E-state index contributed by atoms with van der Waals surface area (Å²) in [5, 5.41) is 12.9. The van der Waals surface area contributed by atoms with E-state index in [9.17, 15) is 9.90 Å².